The summed E-state index contributed by atoms with van der Waals surface area (Å²) >= 11 is 0. The lowest BCUT2D eigenvalue weighted by molar-refractivity contribution is -0.169. The molecule has 1 aliphatic rings. The quantitative estimate of drug-likeness (QED) is 0.157. The second kappa shape index (κ2) is 16.5. The third kappa shape index (κ3) is 9.39. The van der Waals surface area contributed by atoms with Gasteiger partial charge in [0.2, 0.25) is 0 Å². The Labute approximate surface area is 228 Å². The summed E-state index contributed by atoms with van der Waals surface area (Å²) in [5.41, 5.74) is 0.797. The lowest BCUT2D eigenvalue weighted by atomic mass is 10.0. The molecule has 1 heterocycles. The molecule has 0 unspecified atom stereocenters. The zero-order valence-corrected chi connectivity index (χ0v) is 23.5. The minimum atomic E-state index is -0.776. The van der Waals surface area contributed by atoms with Gasteiger partial charge < -0.3 is 18.9 Å². The van der Waals surface area contributed by atoms with Gasteiger partial charge >= 0.3 is 11.9 Å². The maximum absolute atomic E-state index is 13.4. The predicted molar refractivity (Wildman–Crippen MR) is 150 cm³/mol. The number of hydrogen-bond acceptors (Lipinski definition) is 6. The van der Waals surface area contributed by atoms with Gasteiger partial charge in [-0.15, -0.1) is 0 Å². The lowest BCUT2D eigenvalue weighted by Crippen LogP contribution is -2.34. The van der Waals surface area contributed by atoms with Crippen LogP contribution in [0.5, 0.6) is 0 Å². The Morgan fingerprint density at radius 3 is 2.45 bits per heavy atom. The van der Waals surface area contributed by atoms with E-state index < -0.39 is 6.10 Å². The summed E-state index contributed by atoms with van der Waals surface area (Å²) in [6.07, 6.45) is 11.8. The zero-order valence-electron chi connectivity index (χ0n) is 23.5. The first-order chi connectivity index (χ1) is 18.5. The smallest absolute Gasteiger partial charge is 0.340 e. The molecular weight excluding hydrogens is 480 g/mol. The molecule has 0 radical (unpaired) electrons. The topological polar surface area (TPSA) is 71.1 Å². The molecule has 1 fully saturated rings. The molecular formula is C32H46O6. The van der Waals surface area contributed by atoms with Crippen LogP contribution in [0.4, 0.5) is 0 Å². The normalized spacial score (nSPS) is 18.8. The molecule has 0 aromatic heterocycles. The van der Waals surface area contributed by atoms with Crippen LogP contribution in [0.25, 0.3) is 10.8 Å². The van der Waals surface area contributed by atoms with Crippen molar-refractivity contribution >= 4 is 22.7 Å². The summed E-state index contributed by atoms with van der Waals surface area (Å²) in [5, 5.41) is 2.19. The summed E-state index contributed by atoms with van der Waals surface area (Å²) < 4.78 is 22.9. The van der Waals surface area contributed by atoms with Gasteiger partial charge in [0, 0.05) is 13.5 Å². The van der Waals surface area contributed by atoms with E-state index in [0.29, 0.717) is 6.42 Å². The number of fused-ring (bicyclic) bond motifs is 1. The van der Waals surface area contributed by atoms with E-state index in [2.05, 4.69) is 13.0 Å². The van der Waals surface area contributed by atoms with E-state index >= 15 is 0 Å². The van der Waals surface area contributed by atoms with E-state index in [1.165, 1.54) is 32.8 Å². The molecule has 38 heavy (non-hydrogen) atoms. The Morgan fingerprint density at radius 1 is 0.921 bits per heavy atom. The largest absolute Gasteiger partial charge is 0.469 e. The molecule has 2 aromatic carbocycles. The highest BCUT2D eigenvalue weighted by Gasteiger charge is 2.35. The molecule has 4 atom stereocenters. The van der Waals surface area contributed by atoms with Crippen LogP contribution < -0.4 is 0 Å². The number of hydrogen-bond donors (Lipinski definition) is 0. The van der Waals surface area contributed by atoms with E-state index in [0.717, 1.165) is 67.7 Å². The first-order valence-electron chi connectivity index (χ1n) is 14.5. The van der Waals surface area contributed by atoms with Crippen molar-refractivity contribution in [3.8, 4) is 0 Å². The molecule has 3 rings (SSSR count). The van der Waals surface area contributed by atoms with Crippen molar-refractivity contribution in [3.05, 3.63) is 48.0 Å². The van der Waals surface area contributed by atoms with Crippen molar-refractivity contribution in [3.63, 3.8) is 0 Å². The van der Waals surface area contributed by atoms with E-state index in [9.17, 15) is 9.59 Å². The summed E-state index contributed by atoms with van der Waals surface area (Å²) in [4.78, 5) is 24.8. The second-order valence-corrected chi connectivity index (χ2v) is 10.4. The van der Waals surface area contributed by atoms with Crippen LogP contribution >= 0.6 is 0 Å². The van der Waals surface area contributed by atoms with Crippen molar-refractivity contribution < 1.29 is 28.5 Å². The standard InChI is InChI=1S/C32H46O6/c1-4-5-6-7-8-9-17-28(29-22-21-27(37-29)16-12-13-18-30(33)35-2)38-32(34)31(36-3)26-20-19-24-14-10-11-15-25(24)23-26/h10-11,14-15,19-20,23,27-29,31H,4-9,12-13,16-18,21-22H2,1-3H3/t27-,28+,29+,31-/m0/s1. The number of unbranched alkanes of at least 4 members (excludes halogenated alkanes) is 6. The van der Waals surface area contributed by atoms with Crippen molar-refractivity contribution in [2.24, 2.45) is 0 Å². The minimum absolute atomic E-state index is 0.102. The van der Waals surface area contributed by atoms with E-state index in [1.807, 2.05) is 36.4 Å². The van der Waals surface area contributed by atoms with Crippen molar-refractivity contribution in [2.45, 2.75) is 115 Å². The highest BCUT2D eigenvalue weighted by Crippen LogP contribution is 2.31. The van der Waals surface area contributed by atoms with Gasteiger partial charge in [0.05, 0.1) is 19.3 Å². The minimum Gasteiger partial charge on any atom is -0.469 e. The summed E-state index contributed by atoms with van der Waals surface area (Å²) in [7, 11) is 2.98. The fourth-order valence-electron chi connectivity index (χ4n) is 5.36. The average Bonchev–Trinajstić information content (AvgIpc) is 3.41. The van der Waals surface area contributed by atoms with Gasteiger partial charge in [0.1, 0.15) is 6.10 Å². The Hall–Kier alpha value is -2.44. The molecule has 210 valence electrons. The van der Waals surface area contributed by atoms with Crippen LogP contribution in [0.1, 0.15) is 102 Å². The van der Waals surface area contributed by atoms with Gasteiger partial charge in [0.15, 0.2) is 6.10 Å². The lowest BCUT2D eigenvalue weighted by Gasteiger charge is -2.26. The number of benzene rings is 2. The number of carbonyl (C=O) groups is 2. The Bertz CT molecular complexity index is 989. The monoisotopic (exact) mass is 526 g/mol. The molecule has 6 heteroatoms. The van der Waals surface area contributed by atoms with Crippen LogP contribution in [0, 0.1) is 0 Å². The third-order valence-corrected chi connectivity index (χ3v) is 7.58. The maximum Gasteiger partial charge on any atom is 0.340 e. The second-order valence-electron chi connectivity index (χ2n) is 10.4. The molecule has 0 spiro atoms. The Morgan fingerprint density at radius 2 is 1.68 bits per heavy atom. The van der Waals surface area contributed by atoms with Crippen molar-refractivity contribution in [2.75, 3.05) is 14.2 Å². The molecule has 1 saturated heterocycles. The van der Waals surface area contributed by atoms with Gasteiger partial charge in [-0.2, -0.15) is 0 Å². The fourth-order valence-corrected chi connectivity index (χ4v) is 5.36. The van der Waals surface area contributed by atoms with Gasteiger partial charge in [-0.1, -0.05) is 81.8 Å². The van der Waals surface area contributed by atoms with E-state index in [-0.39, 0.29) is 30.3 Å². The van der Waals surface area contributed by atoms with Crippen LogP contribution in [0.15, 0.2) is 42.5 Å². The highest BCUT2D eigenvalue weighted by molar-refractivity contribution is 5.85. The van der Waals surface area contributed by atoms with Crippen LogP contribution in [-0.4, -0.2) is 44.5 Å². The predicted octanol–water partition coefficient (Wildman–Crippen LogP) is 7.47. The molecule has 0 aliphatic carbocycles. The maximum atomic E-state index is 13.4. The first-order valence-corrected chi connectivity index (χ1v) is 14.5. The van der Waals surface area contributed by atoms with E-state index in [4.69, 9.17) is 18.9 Å². The molecule has 0 N–H and O–H groups in total. The third-order valence-electron chi connectivity index (χ3n) is 7.58. The van der Waals surface area contributed by atoms with Gasteiger partial charge in [-0.05, 0) is 60.9 Å². The Balaban J connectivity index is 1.60. The Kier molecular flexibility index (Phi) is 13.1. The molecule has 2 aromatic rings. The average molecular weight is 527 g/mol. The first kappa shape index (κ1) is 30.1. The molecule has 6 nitrogen and oxygen atoms in total. The summed E-state index contributed by atoms with van der Waals surface area (Å²) in [6.45, 7) is 2.22. The highest BCUT2D eigenvalue weighted by atomic mass is 16.6. The summed E-state index contributed by atoms with van der Waals surface area (Å²) in [6, 6.07) is 14.1. The van der Waals surface area contributed by atoms with Crippen molar-refractivity contribution in [1.82, 2.24) is 0 Å². The number of methoxy groups -OCH3 is 2. The molecule has 0 saturated carbocycles. The number of esters is 2. The van der Waals surface area contributed by atoms with Gasteiger partial charge in [-0.25, -0.2) is 4.79 Å². The molecule has 0 amide bonds. The van der Waals surface area contributed by atoms with Crippen LogP contribution in [0.2, 0.25) is 0 Å². The van der Waals surface area contributed by atoms with Crippen LogP contribution in [-0.2, 0) is 28.5 Å². The van der Waals surface area contributed by atoms with Gasteiger partial charge in [0.25, 0.3) is 0 Å². The molecule has 0 bridgehead atoms. The summed E-state index contributed by atoms with van der Waals surface area (Å²) in [5.74, 6) is -0.524. The zero-order chi connectivity index (χ0) is 27.2. The van der Waals surface area contributed by atoms with Crippen LogP contribution in [0.3, 0.4) is 0 Å². The number of ether oxygens (including phenoxy) is 4. The van der Waals surface area contributed by atoms with E-state index in [1.54, 1.807) is 7.11 Å². The fraction of sp³-hybridized carbons (Fsp3) is 0.625. The number of rotatable bonds is 17. The molecule has 1 aliphatic heterocycles. The number of carbonyl (C=O) groups excluding carboxylic acids is 2. The van der Waals surface area contributed by atoms with Gasteiger partial charge in [-0.3, -0.25) is 4.79 Å². The SMILES string of the molecule is CCCCCCCC[C@@H](OC(=O)[C@@H](OC)c1ccc2ccccc2c1)[C@H]1CC[C@H](CCCCC(=O)OC)O1. The van der Waals surface area contributed by atoms with Crippen molar-refractivity contribution in [1.29, 1.82) is 0 Å².